The lowest BCUT2D eigenvalue weighted by molar-refractivity contribution is 0.0954. The molecule has 8 heteroatoms. The van der Waals surface area contributed by atoms with Crippen LogP contribution in [0.15, 0.2) is 58.5 Å². The summed E-state index contributed by atoms with van der Waals surface area (Å²) in [6.07, 6.45) is 1.68. The average Bonchev–Trinajstić information content (AvgIpc) is 3.21. The molecule has 0 atom stereocenters. The number of carbonyl (C=O) groups is 1. The van der Waals surface area contributed by atoms with Crippen LogP contribution in [0.5, 0.6) is 0 Å². The fourth-order valence-electron chi connectivity index (χ4n) is 2.85. The molecule has 0 aliphatic carbocycles. The van der Waals surface area contributed by atoms with Crippen molar-refractivity contribution in [1.29, 1.82) is 0 Å². The first-order chi connectivity index (χ1) is 12.9. The summed E-state index contributed by atoms with van der Waals surface area (Å²) in [4.78, 5) is 12.4. The van der Waals surface area contributed by atoms with Crippen molar-refractivity contribution in [2.45, 2.75) is 24.7 Å². The van der Waals surface area contributed by atoms with Crippen molar-refractivity contribution in [2.24, 2.45) is 5.10 Å². The molecule has 142 valence electrons. The number of sulfonamides is 1. The van der Waals surface area contributed by atoms with Crippen LogP contribution in [-0.2, 0) is 10.0 Å². The Morgan fingerprint density at radius 2 is 1.74 bits per heavy atom. The van der Waals surface area contributed by atoms with Gasteiger partial charge >= 0.3 is 0 Å². The van der Waals surface area contributed by atoms with Crippen LogP contribution in [0.2, 0.25) is 0 Å². The van der Waals surface area contributed by atoms with Crippen LogP contribution >= 0.6 is 0 Å². The number of hydrogen-bond acceptors (Lipinski definition) is 4. The zero-order chi connectivity index (χ0) is 19.4. The molecule has 1 amide bonds. The van der Waals surface area contributed by atoms with Gasteiger partial charge in [-0.15, -0.1) is 0 Å². The molecule has 2 aromatic rings. The van der Waals surface area contributed by atoms with Gasteiger partial charge in [0.2, 0.25) is 10.0 Å². The first kappa shape index (κ1) is 19.2. The summed E-state index contributed by atoms with van der Waals surface area (Å²) in [5.74, 6) is -0.933. The van der Waals surface area contributed by atoms with Crippen molar-refractivity contribution in [1.82, 2.24) is 9.73 Å². The zero-order valence-electron chi connectivity index (χ0n) is 14.9. The molecule has 0 saturated carbocycles. The first-order valence-electron chi connectivity index (χ1n) is 8.59. The van der Waals surface area contributed by atoms with E-state index in [9.17, 15) is 17.6 Å². The van der Waals surface area contributed by atoms with Gasteiger partial charge in [-0.1, -0.05) is 18.2 Å². The van der Waals surface area contributed by atoms with E-state index in [0.717, 1.165) is 12.8 Å². The number of amides is 1. The smallest absolute Gasteiger partial charge is 0.267 e. The summed E-state index contributed by atoms with van der Waals surface area (Å²) in [6.45, 7) is 2.63. The predicted molar refractivity (Wildman–Crippen MR) is 101 cm³/mol. The third-order valence-electron chi connectivity index (χ3n) is 4.37. The Labute approximate surface area is 157 Å². The van der Waals surface area contributed by atoms with Gasteiger partial charge < -0.3 is 0 Å². The summed E-state index contributed by atoms with van der Waals surface area (Å²) in [5, 5.41) is 3.97. The second-order valence-electron chi connectivity index (χ2n) is 6.29. The lowest BCUT2D eigenvalue weighted by Crippen LogP contribution is -2.28. The third kappa shape index (κ3) is 4.40. The third-order valence-corrected chi connectivity index (χ3v) is 6.26. The van der Waals surface area contributed by atoms with E-state index in [4.69, 9.17) is 0 Å². The Kier molecular flexibility index (Phi) is 5.67. The monoisotopic (exact) mass is 389 g/mol. The largest absolute Gasteiger partial charge is 0.271 e. The highest BCUT2D eigenvalue weighted by Crippen LogP contribution is 2.21. The van der Waals surface area contributed by atoms with E-state index in [1.807, 2.05) is 0 Å². The summed E-state index contributed by atoms with van der Waals surface area (Å²) < 4.78 is 39.9. The fourth-order valence-corrected chi connectivity index (χ4v) is 4.42. The molecule has 0 spiro atoms. The van der Waals surface area contributed by atoms with E-state index < -0.39 is 21.7 Å². The molecule has 1 aliphatic heterocycles. The molecule has 3 rings (SSSR count). The molecule has 0 unspecified atom stereocenters. The summed E-state index contributed by atoms with van der Waals surface area (Å²) in [6, 6.07) is 11.7. The van der Waals surface area contributed by atoms with Gasteiger partial charge in [-0.3, -0.25) is 4.79 Å². The van der Waals surface area contributed by atoms with E-state index in [0.29, 0.717) is 24.4 Å². The molecule has 0 radical (unpaired) electrons. The molecule has 2 aromatic carbocycles. The molecule has 0 bridgehead atoms. The van der Waals surface area contributed by atoms with Crippen molar-refractivity contribution in [3.63, 3.8) is 0 Å². The van der Waals surface area contributed by atoms with Crippen LogP contribution < -0.4 is 5.43 Å². The van der Waals surface area contributed by atoms with Gasteiger partial charge in [0.05, 0.1) is 10.6 Å². The molecule has 27 heavy (non-hydrogen) atoms. The first-order valence-corrected chi connectivity index (χ1v) is 10.0. The highest BCUT2D eigenvalue weighted by atomic mass is 32.2. The van der Waals surface area contributed by atoms with Crippen molar-refractivity contribution >= 4 is 21.6 Å². The summed E-state index contributed by atoms with van der Waals surface area (Å²) >= 11 is 0. The van der Waals surface area contributed by atoms with Crippen LogP contribution in [0.1, 0.15) is 35.7 Å². The normalized spacial score (nSPS) is 15.7. The lowest BCUT2D eigenvalue weighted by Gasteiger charge is -2.15. The predicted octanol–water partition coefficient (Wildman–Crippen LogP) is 2.76. The highest BCUT2D eigenvalue weighted by Gasteiger charge is 2.27. The maximum Gasteiger partial charge on any atom is 0.271 e. The van der Waals surface area contributed by atoms with Crippen LogP contribution in [0.3, 0.4) is 0 Å². The number of hydrazone groups is 1. The molecular formula is C19H20FN3O3S. The van der Waals surface area contributed by atoms with Gasteiger partial charge in [-0.05, 0) is 50.1 Å². The van der Waals surface area contributed by atoms with Gasteiger partial charge in [-0.2, -0.15) is 9.41 Å². The minimum absolute atomic E-state index is 0.0860. The standard InChI is InChI=1S/C19H20FN3O3S/c1-14(15-6-4-8-17(20)12-15)21-22-19(24)16-7-5-9-18(13-16)27(25,26)23-10-2-3-11-23/h4-9,12-13H,2-3,10-11H2,1H3,(H,22,24)/b21-14+. The Morgan fingerprint density at radius 1 is 1.07 bits per heavy atom. The van der Waals surface area contributed by atoms with Crippen molar-refractivity contribution in [2.75, 3.05) is 13.1 Å². The highest BCUT2D eigenvalue weighted by molar-refractivity contribution is 7.89. The SMILES string of the molecule is C/C(=N\NC(=O)c1cccc(S(=O)(=O)N2CCCC2)c1)c1cccc(F)c1. The van der Waals surface area contributed by atoms with E-state index in [1.165, 1.54) is 40.7 Å². The summed E-state index contributed by atoms with van der Waals surface area (Å²) in [5.41, 5.74) is 3.55. The van der Waals surface area contributed by atoms with Crippen molar-refractivity contribution < 1.29 is 17.6 Å². The quantitative estimate of drug-likeness (QED) is 0.631. The molecule has 1 saturated heterocycles. The van der Waals surface area contributed by atoms with Crippen LogP contribution in [0.25, 0.3) is 0 Å². The zero-order valence-corrected chi connectivity index (χ0v) is 15.7. The average molecular weight is 389 g/mol. The minimum Gasteiger partial charge on any atom is -0.267 e. The number of rotatable bonds is 5. The van der Waals surface area contributed by atoms with E-state index in [2.05, 4.69) is 10.5 Å². The number of carbonyl (C=O) groups excluding carboxylic acids is 1. The van der Waals surface area contributed by atoms with E-state index >= 15 is 0 Å². The topological polar surface area (TPSA) is 78.8 Å². The van der Waals surface area contributed by atoms with Crippen LogP contribution in [0.4, 0.5) is 4.39 Å². The molecule has 1 heterocycles. The van der Waals surface area contributed by atoms with Gasteiger partial charge in [0, 0.05) is 24.2 Å². The fraction of sp³-hybridized carbons (Fsp3) is 0.263. The maximum absolute atomic E-state index is 13.3. The molecular weight excluding hydrogens is 369 g/mol. The second-order valence-corrected chi connectivity index (χ2v) is 8.23. The number of benzene rings is 2. The Hall–Kier alpha value is -2.58. The minimum atomic E-state index is -3.60. The molecule has 1 N–H and O–H groups in total. The molecule has 1 fully saturated rings. The van der Waals surface area contributed by atoms with Gasteiger partial charge in [0.1, 0.15) is 5.82 Å². The maximum atomic E-state index is 13.3. The van der Waals surface area contributed by atoms with E-state index in [1.54, 1.807) is 19.1 Å². The molecule has 0 aromatic heterocycles. The Bertz CT molecular complexity index is 983. The molecule has 1 aliphatic rings. The molecule has 6 nitrogen and oxygen atoms in total. The Morgan fingerprint density at radius 3 is 2.44 bits per heavy atom. The number of halogens is 1. The Balaban J connectivity index is 1.77. The van der Waals surface area contributed by atoms with Crippen LogP contribution in [0, 0.1) is 5.82 Å². The summed E-state index contributed by atoms with van der Waals surface area (Å²) in [7, 11) is -3.60. The van der Waals surface area contributed by atoms with E-state index in [-0.39, 0.29) is 10.5 Å². The number of nitrogens with one attached hydrogen (secondary N) is 1. The van der Waals surface area contributed by atoms with Crippen molar-refractivity contribution in [3.8, 4) is 0 Å². The number of nitrogens with zero attached hydrogens (tertiary/aromatic N) is 2. The number of hydrogen-bond donors (Lipinski definition) is 1. The van der Waals surface area contributed by atoms with Gasteiger partial charge in [0.15, 0.2) is 0 Å². The van der Waals surface area contributed by atoms with Gasteiger partial charge in [-0.25, -0.2) is 18.2 Å². The van der Waals surface area contributed by atoms with Crippen molar-refractivity contribution in [3.05, 3.63) is 65.5 Å². The van der Waals surface area contributed by atoms with Crippen LogP contribution in [-0.4, -0.2) is 37.4 Å². The van der Waals surface area contributed by atoms with Gasteiger partial charge in [0.25, 0.3) is 5.91 Å². The lowest BCUT2D eigenvalue weighted by atomic mass is 10.1. The second kappa shape index (κ2) is 7.98.